The van der Waals surface area contributed by atoms with Gasteiger partial charge in [-0.2, -0.15) is 0 Å². The largest absolute Gasteiger partial charge is 0.497 e. The number of hydrogen-bond donors (Lipinski definition) is 1. The van der Waals surface area contributed by atoms with Crippen molar-refractivity contribution >= 4 is 21.8 Å². The van der Waals surface area contributed by atoms with E-state index in [0.717, 1.165) is 23.1 Å². The van der Waals surface area contributed by atoms with Gasteiger partial charge in [0.05, 0.1) is 18.0 Å². The van der Waals surface area contributed by atoms with Crippen molar-refractivity contribution in [3.8, 4) is 5.75 Å². The number of carbonyl (C=O) groups excluding carboxylic acids is 1. The van der Waals surface area contributed by atoms with Gasteiger partial charge in [0.15, 0.2) is 9.84 Å². The minimum Gasteiger partial charge on any atom is -0.497 e. The van der Waals surface area contributed by atoms with Crippen LogP contribution in [0.4, 0.5) is 0 Å². The molecule has 0 heterocycles. The van der Waals surface area contributed by atoms with Gasteiger partial charge >= 0.3 is 0 Å². The minimum atomic E-state index is -3.22. The molecule has 0 spiro atoms. The maximum Gasteiger partial charge on any atom is 0.244 e. The zero-order chi connectivity index (χ0) is 18.4. The molecule has 0 radical (unpaired) electrons. The van der Waals surface area contributed by atoms with E-state index in [4.69, 9.17) is 4.74 Å². The molecular formula is C19H21NO4S. The predicted octanol–water partition coefficient (Wildman–Crippen LogP) is 2.99. The van der Waals surface area contributed by atoms with E-state index in [9.17, 15) is 13.2 Å². The van der Waals surface area contributed by atoms with Crippen LogP contribution in [0.15, 0.2) is 59.5 Å². The Kier molecular flexibility index (Phi) is 5.98. The molecule has 1 N–H and O–H groups in total. The molecule has 5 nitrogen and oxygen atoms in total. The van der Waals surface area contributed by atoms with Crippen molar-refractivity contribution in [2.75, 3.05) is 13.4 Å². The lowest BCUT2D eigenvalue weighted by atomic mass is 10.1. The standard InChI is InChI=1S/C19H21NO4S/c1-14(16-8-10-18(11-9-16)25(3,22)23)20-19(21)12-7-15-5-4-6-17(13-15)24-2/h4-14H,1-3H3,(H,20,21)/b12-7+/t14-/m1/s1. The molecule has 0 aliphatic rings. The van der Waals surface area contributed by atoms with E-state index >= 15 is 0 Å². The van der Waals surface area contributed by atoms with Crippen LogP contribution in [0.25, 0.3) is 6.08 Å². The average molecular weight is 359 g/mol. The Bertz CT molecular complexity index is 871. The summed E-state index contributed by atoms with van der Waals surface area (Å²) in [5.74, 6) is 0.490. The third-order valence-electron chi connectivity index (χ3n) is 3.69. The number of hydrogen-bond acceptors (Lipinski definition) is 4. The third-order valence-corrected chi connectivity index (χ3v) is 4.82. The van der Waals surface area contributed by atoms with E-state index in [2.05, 4.69) is 5.32 Å². The number of carbonyl (C=O) groups is 1. The highest BCUT2D eigenvalue weighted by atomic mass is 32.2. The molecule has 0 aliphatic heterocycles. The first kappa shape index (κ1) is 18.7. The average Bonchev–Trinajstić information content (AvgIpc) is 2.59. The number of sulfone groups is 1. The normalized spacial score (nSPS) is 12.8. The molecule has 1 atom stereocenters. The number of nitrogens with one attached hydrogen (secondary N) is 1. The molecule has 2 rings (SSSR count). The lowest BCUT2D eigenvalue weighted by Gasteiger charge is -2.13. The summed E-state index contributed by atoms with van der Waals surface area (Å²) < 4.78 is 28.1. The number of ether oxygens (including phenoxy) is 1. The Morgan fingerprint density at radius 1 is 1.16 bits per heavy atom. The molecule has 0 aromatic heterocycles. The molecule has 25 heavy (non-hydrogen) atoms. The summed E-state index contributed by atoms with van der Waals surface area (Å²) >= 11 is 0. The summed E-state index contributed by atoms with van der Waals surface area (Å²) in [6.07, 6.45) is 4.32. The summed E-state index contributed by atoms with van der Waals surface area (Å²) in [6.45, 7) is 1.84. The van der Waals surface area contributed by atoms with Gasteiger partial charge < -0.3 is 10.1 Å². The van der Waals surface area contributed by atoms with Crippen LogP contribution in [0.2, 0.25) is 0 Å². The van der Waals surface area contributed by atoms with Crippen molar-refractivity contribution in [3.05, 3.63) is 65.7 Å². The van der Waals surface area contributed by atoms with Crippen molar-refractivity contribution < 1.29 is 17.9 Å². The highest BCUT2D eigenvalue weighted by Gasteiger charge is 2.10. The van der Waals surface area contributed by atoms with Gasteiger partial charge in [0.1, 0.15) is 5.75 Å². The van der Waals surface area contributed by atoms with E-state index in [1.165, 1.54) is 6.08 Å². The van der Waals surface area contributed by atoms with Gasteiger partial charge in [0.25, 0.3) is 0 Å². The molecule has 0 unspecified atom stereocenters. The molecule has 0 saturated carbocycles. The summed E-state index contributed by atoms with van der Waals surface area (Å²) in [7, 11) is -1.63. The topological polar surface area (TPSA) is 72.5 Å². The van der Waals surface area contributed by atoms with Crippen LogP contribution >= 0.6 is 0 Å². The van der Waals surface area contributed by atoms with Crippen LogP contribution in [-0.2, 0) is 14.6 Å². The lowest BCUT2D eigenvalue weighted by Crippen LogP contribution is -2.24. The molecule has 0 fully saturated rings. The van der Waals surface area contributed by atoms with Gasteiger partial charge in [0, 0.05) is 12.3 Å². The molecular weight excluding hydrogens is 338 g/mol. The first-order chi connectivity index (χ1) is 11.8. The first-order valence-corrected chi connectivity index (χ1v) is 9.61. The second kappa shape index (κ2) is 7.98. The second-order valence-electron chi connectivity index (χ2n) is 5.68. The van der Waals surface area contributed by atoms with Gasteiger partial charge in [-0.05, 0) is 48.4 Å². The maximum absolute atomic E-state index is 12.1. The Balaban J connectivity index is 2.00. The molecule has 0 aliphatic carbocycles. The molecule has 1 amide bonds. The van der Waals surface area contributed by atoms with Gasteiger partial charge in [-0.1, -0.05) is 24.3 Å². The molecule has 2 aromatic rings. The SMILES string of the molecule is COc1cccc(/C=C/C(=O)N[C@H](C)c2ccc(S(C)(=O)=O)cc2)c1. The fourth-order valence-electron chi connectivity index (χ4n) is 2.27. The van der Waals surface area contributed by atoms with Crippen LogP contribution in [0.5, 0.6) is 5.75 Å². The predicted molar refractivity (Wildman–Crippen MR) is 98.1 cm³/mol. The quantitative estimate of drug-likeness (QED) is 0.805. The second-order valence-corrected chi connectivity index (χ2v) is 7.70. The van der Waals surface area contributed by atoms with E-state index < -0.39 is 9.84 Å². The summed E-state index contributed by atoms with van der Waals surface area (Å²) in [4.78, 5) is 12.3. The van der Waals surface area contributed by atoms with E-state index in [1.807, 2.05) is 31.2 Å². The van der Waals surface area contributed by atoms with Crippen molar-refractivity contribution in [1.29, 1.82) is 0 Å². The highest BCUT2D eigenvalue weighted by molar-refractivity contribution is 7.90. The van der Waals surface area contributed by atoms with Crippen LogP contribution in [0.1, 0.15) is 24.1 Å². The smallest absolute Gasteiger partial charge is 0.244 e. The molecule has 2 aromatic carbocycles. The molecule has 132 valence electrons. The Labute approximate surface area is 148 Å². The maximum atomic E-state index is 12.1. The van der Waals surface area contributed by atoms with Crippen molar-refractivity contribution in [3.63, 3.8) is 0 Å². The van der Waals surface area contributed by atoms with Gasteiger partial charge in [-0.3, -0.25) is 4.79 Å². The number of rotatable bonds is 6. The van der Waals surface area contributed by atoms with Gasteiger partial charge in [0.2, 0.25) is 5.91 Å². The van der Waals surface area contributed by atoms with Gasteiger partial charge in [-0.25, -0.2) is 8.42 Å². The molecule has 0 saturated heterocycles. The third kappa shape index (κ3) is 5.46. The zero-order valence-electron chi connectivity index (χ0n) is 14.4. The summed E-state index contributed by atoms with van der Waals surface area (Å²) in [6, 6.07) is 13.6. The van der Waals surface area contributed by atoms with Crippen molar-refractivity contribution in [1.82, 2.24) is 5.32 Å². The summed E-state index contributed by atoms with van der Waals surface area (Å²) in [5, 5.41) is 2.85. The first-order valence-electron chi connectivity index (χ1n) is 7.72. The fraction of sp³-hybridized carbons (Fsp3) is 0.211. The van der Waals surface area contributed by atoms with Crippen LogP contribution in [0.3, 0.4) is 0 Å². The van der Waals surface area contributed by atoms with E-state index in [1.54, 1.807) is 37.5 Å². The number of methoxy groups -OCH3 is 1. The van der Waals surface area contributed by atoms with Gasteiger partial charge in [-0.15, -0.1) is 0 Å². The zero-order valence-corrected chi connectivity index (χ0v) is 15.2. The Morgan fingerprint density at radius 3 is 2.44 bits per heavy atom. The summed E-state index contributed by atoms with van der Waals surface area (Å²) in [5.41, 5.74) is 1.69. The molecule has 0 bridgehead atoms. The number of amides is 1. The lowest BCUT2D eigenvalue weighted by molar-refractivity contribution is -0.117. The Hall–Kier alpha value is -2.60. The van der Waals surface area contributed by atoms with Crippen molar-refractivity contribution in [2.45, 2.75) is 17.9 Å². The van der Waals surface area contributed by atoms with Crippen LogP contribution in [0, 0.1) is 0 Å². The minimum absolute atomic E-state index is 0.234. The number of benzene rings is 2. The van der Waals surface area contributed by atoms with Crippen molar-refractivity contribution in [2.24, 2.45) is 0 Å². The molecule has 6 heteroatoms. The van der Waals surface area contributed by atoms with Crippen LogP contribution in [-0.4, -0.2) is 27.7 Å². The van der Waals surface area contributed by atoms with E-state index in [0.29, 0.717) is 0 Å². The Morgan fingerprint density at radius 2 is 1.84 bits per heavy atom. The van der Waals surface area contributed by atoms with E-state index in [-0.39, 0.29) is 16.8 Å². The highest BCUT2D eigenvalue weighted by Crippen LogP contribution is 2.17. The van der Waals surface area contributed by atoms with Crippen LogP contribution < -0.4 is 10.1 Å². The monoisotopic (exact) mass is 359 g/mol. The fourth-order valence-corrected chi connectivity index (χ4v) is 2.90.